The number of aliphatic hydroxyl groups excluding tert-OH is 1. The molecule has 1 heterocycles. The number of nitrogens with zero attached hydrogens (tertiary/aromatic N) is 1. The van der Waals surface area contributed by atoms with Gasteiger partial charge in [0.1, 0.15) is 18.5 Å². The molecule has 0 saturated carbocycles. The number of hydrogen-bond donors (Lipinski definition) is 1. The number of piperidine rings is 1. The van der Waals surface area contributed by atoms with Gasteiger partial charge >= 0.3 is 0 Å². The number of aliphatic hydroxyl groups is 1. The van der Waals surface area contributed by atoms with Crippen molar-refractivity contribution < 1.29 is 9.84 Å². The minimum absolute atomic E-state index is 0.341. The van der Waals surface area contributed by atoms with Crippen molar-refractivity contribution in [3.63, 3.8) is 0 Å². The minimum Gasteiger partial charge on any atom is -0.491 e. The molecular weight excluding hydrogens is 298 g/mol. The van der Waals surface area contributed by atoms with Crippen molar-refractivity contribution in [3.8, 4) is 16.9 Å². The molecule has 0 aromatic heterocycles. The molecule has 3 nitrogen and oxygen atoms in total. The summed E-state index contributed by atoms with van der Waals surface area (Å²) < 4.78 is 5.76. The summed E-state index contributed by atoms with van der Waals surface area (Å²) in [4.78, 5) is 2.37. The highest BCUT2D eigenvalue weighted by Crippen LogP contribution is 2.22. The van der Waals surface area contributed by atoms with Gasteiger partial charge in [0, 0.05) is 12.6 Å². The molecule has 0 unspecified atom stereocenters. The average molecular weight is 325 g/mol. The molecule has 0 bridgehead atoms. The molecule has 2 aromatic rings. The standard InChI is InChI=1S/C21H27NO2/c1-17-7-5-6-14-22(17)15-20(23)16-24-21-12-10-19(11-13-21)18-8-3-2-4-9-18/h2-4,8-13,17,20,23H,5-7,14-16H2,1H3/t17-,20+/m1/s1. The number of likely N-dealkylation sites (tertiary alicyclic amines) is 1. The number of β-amino-alcohol motifs (C(OH)–C–C–N with tert-alkyl or cyclic N) is 1. The van der Waals surface area contributed by atoms with Gasteiger partial charge in [-0.15, -0.1) is 0 Å². The van der Waals surface area contributed by atoms with Gasteiger partial charge in [0.05, 0.1) is 0 Å². The van der Waals surface area contributed by atoms with E-state index >= 15 is 0 Å². The lowest BCUT2D eigenvalue weighted by molar-refractivity contribution is 0.0438. The van der Waals surface area contributed by atoms with Gasteiger partial charge in [-0.1, -0.05) is 48.9 Å². The van der Waals surface area contributed by atoms with Gasteiger partial charge in [-0.05, 0) is 49.6 Å². The van der Waals surface area contributed by atoms with Gasteiger partial charge in [-0.25, -0.2) is 0 Å². The number of ether oxygens (including phenoxy) is 1. The van der Waals surface area contributed by atoms with Crippen LogP contribution in [0.2, 0.25) is 0 Å². The molecule has 1 N–H and O–H groups in total. The maximum atomic E-state index is 10.2. The number of rotatable bonds is 6. The van der Waals surface area contributed by atoms with Crippen molar-refractivity contribution in [1.29, 1.82) is 0 Å². The molecule has 1 fully saturated rings. The van der Waals surface area contributed by atoms with Crippen LogP contribution >= 0.6 is 0 Å². The zero-order valence-electron chi connectivity index (χ0n) is 14.4. The second kappa shape index (κ2) is 8.32. The van der Waals surface area contributed by atoms with Crippen LogP contribution in [0.15, 0.2) is 54.6 Å². The summed E-state index contributed by atoms with van der Waals surface area (Å²) in [6.45, 7) is 4.37. The topological polar surface area (TPSA) is 32.7 Å². The Morgan fingerprint density at radius 3 is 2.46 bits per heavy atom. The van der Waals surface area contributed by atoms with Crippen molar-refractivity contribution in [1.82, 2.24) is 4.90 Å². The van der Waals surface area contributed by atoms with Crippen LogP contribution in [0.4, 0.5) is 0 Å². The van der Waals surface area contributed by atoms with E-state index in [-0.39, 0.29) is 0 Å². The predicted molar refractivity (Wildman–Crippen MR) is 98.3 cm³/mol. The first kappa shape index (κ1) is 17.0. The second-order valence-corrected chi connectivity index (χ2v) is 6.69. The van der Waals surface area contributed by atoms with E-state index in [0.717, 1.165) is 12.3 Å². The lowest BCUT2D eigenvalue weighted by Crippen LogP contribution is -2.43. The molecule has 0 aliphatic carbocycles. The van der Waals surface area contributed by atoms with Gasteiger partial charge in [0.15, 0.2) is 0 Å². The Morgan fingerprint density at radius 2 is 1.75 bits per heavy atom. The third-order valence-electron chi connectivity index (χ3n) is 4.79. The van der Waals surface area contributed by atoms with Gasteiger partial charge in [-0.3, -0.25) is 4.90 Å². The second-order valence-electron chi connectivity index (χ2n) is 6.69. The minimum atomic E-state index is -0.445. The van der Waals surface area contributed by atoms with E-state index in [2.05, 4.69) is 36.1 Å². The highest BCUT2D eigenvalue weighted by Gasteiger charge is 2.20. The highest BCUT2D eigenvalue weighted by molar-refractivity contribution is 5.63. The van der Waals surface area contributed by atoms with Crippen LogP contribution in [0, 0.1) is 0 Å². The third-order valence-corrected chi connectivity index (χ3v) is 4.79. The molecule has 0 spiro atoms. The fourth-order valence-electron chi connectivity index (χ4n) is 3.32. The van der Waals surface area contributed by atoms with E-state index < -0.39 is 6.10 Å². The number of hydrogen-bond acceptors (Lipinski definition) is 3. The summed E-state index contributed by atoms with van der Waals surface area (Å²) in [5.74, 6) is 0.806. The first-order chi connectivity index (χ1) is 11.7. The Morgan fingerprint density at radius 1 is 1.04 bits per heavy atom. The Bertz CT molecular complexity index is 611. The van der Waals surface area contributed by atoms with E-state index in [1.54, 1.807) is 0 Å². The summed E-state index contributed by atoms with van der Waals surface area (Å²) in [7, 11) is 0. The Kier molecular flexibility index (Phi) is 5.89. The summed E-state index contributed by atoms with van der Waals surface area (Å²) >= 11 is 0. The van der Waals surface area contributed by atoms with Crippen LogP contribution < -0.4 is 4.74 Å². The van der Waals surface area contributed by atoms with E-state index in [0.29, 0.717) is 19.2 Å². The van der Waals surface area contributed by atoms with Crippen LogP contribution in [0.25, 0.3) is 11.1 Å². The summed E-state index contributed by atoms with van der Waals surface area (Å²) in [6.07, 6.45) is 3.32. The van der Waals surface area contributed by atoms with Crippen molar-refractivity contribution in [2.75, 3.05) is 19.7 Å². The lowest BCUT2D eigenvalue weighted by Gasteiger charge is -2.34. The van der Waals surface area contributed by atoms with Crippen molar-refractivity contribution in [3.05, 3.63) is 54.6 Å². The molecule has 3 rings (SSSR count). The Balaban J connectivity index is 1.49. The molecule has 2 aromatic carbocycles. The molecule has 0 amide bonds. The summed E-state index contributed by atoms with van der Waals surface area (Å²) in [5, 5.41) is 10.2. The first-order valence-electron chi connectivity index (χ1n) is 8.93. The predicted octanol–water partition coefficient (Wildman–Crippen LogP) is 3.97. The largest absolute Gasteiger partial charge is 0.491 e. The van der Waals surface area contributed by atoms with Gasteiger partial charge in [-0.2, -0.15) is 0 Å². The Labute approximate surface area is 144 Å². The van der Waals surface area contributed by atoms with E-state index in [1.807, 2.05) is 30.3 Å². The van der Waals surface area contributed by atoms with Crippen LogP contribution in [0.5, 0.6) is 5.75 Å². The average Bonchev–Trinajstić information content (AvgIpc) is 2.63. The zero-order chi connectivity index (χ0) is 16.8. The monoisotopic (exact) mass is 325 g/mol. The van der Waals surface area contributed by atoms with Crippen LogP contribution in [0.1, 0.15) is 26.2 Å². The molecule has 3 heteroatoms. The lowest BCUT2D eigenvalue weighted by atomic mass is 10.0. The smallest absolute Gasteiger partial charge is 0.119 e. The van der Waals surface area contributed by atoms with Gasteiger partial charge < -0.3 is 9.84 Å². The fourth-order valence-corrected chi connectivity index (χ4v) is 3.32. The van der Waals surface area contributed by atoms with Gasteiger partial charge in [0.2, 0.25) is 0 Å². The third kappa shape index (κ3) is 4.59. The Hall–Kier alpha value is -1.84. The molecule has 0 radical (unpaired) electrons. The van der Waals surface area contributed by atoms with Crippen molar-refractivity contribution >= 4 is 0 Å². The fraction of sp³-hybridized carbons (Fsp3) is 0.429. The van der Waals surface area contributed by atoms with E-state index in [1.165, 1.54) is 30.4 Å². The van der Waals surface area contributed by atoms with Crippen LogP contribution in [-0.4, -0.2) is 41.8 Å². The molecule has 1 aliphatic rings. The molecule has 1 saturated heterocycles. The first-order valence-corrected chi connectivity index (χ1v) is 8.93. The SMILES string of the molecule is C[C@@H]1CCCCN1C[C@H](O)COc1ccc(-c2ccccc2)cc1. The highest BCUT2D eigenvalue weighted by atomic mass is 16.5. The normalized spacial score (nSPS) is 19.8. The summed E-state index contributed by atoms with van der Waals surface area (Å²) in [6, 6.07) is 18.9. The summed E-state index contributed by atoms with van der Waals surface area (Å²) in [5.41, 5.74) is 2.37. The molecule has 128 valence electrons. The van der Waals surface area contributed by atoms with E-state index in [4.69, 9.17) is 4.74 Å². The number of benzene rings is 2. The van der Waals surface area contributed by atoms with Crippen LogP contribution in [-0.2, 0) is 0 Å². The van der Waals surface area contributed by atoms with Crippen molar-refractivity contribution in [2.45, 2.75) is 38.3 Å². The van der Waals surface area contributed by atoms with Crippen LogP contribution in [0.3, 0.4) is 0 Å². The quantitative estimate of drug-likeness (QED) is 0.872. The maximum Gasteiger partial charge on any atom is 0.119 e. The van der Waals surface area contributed by atoms with Gasteiger partial charge in [0.25, 0.3) is 0 Å². The maximum absolute atomic E-state index is 10.2. The molecule has 2 atom stereocenters. The molecule has 24 heavy (non-hydrogen) atoms. The molecule has 1 aliphatic heterocycles. The van der Waals surface area contributed by atoms with Crippen molar-refractivity contribution in [2.24, 2.45) is 0 Å². The molecular formula is C21H27NO2. The zero-order valence-corrected chi connectivity index (χ0v) is 14.4. The van der Waals surface area contributed by atoms with E-state index in [9.17, 15) is 5.11 Å².